The molecule has 0 fully saturated rings. The monoisotopic (exact) mass is 264 g/mol. The van der Waals surface area contributed by atoms with Crippen LogP contribution in [0.2, 0.25) is 0 Å². The van der Waals surface area contributed by atoms with Gasteiger partial charge >= 0.3 is 0 Å². The second-order valence-corrected chi connectivity index (χ2v) is 5.47. The molecule has 0 saturated carbocycles. The summed E-state index contributed by atoms with van der Waals surface area (Å²) in [6.07, 6.45) is 3.72. The van der Waals surface area contributed by atoms with Gasteiger partial charge < -0.3 is 16.0 Å². The molecule has 1 heterocycles. The lowest BCUT2D eigenvalue weighted by Crippen LogP contribution is -2.57. The zero-order chi connectivity index (χ0) is 14.5. The van der Waals surface area contributed by atoms with Crippen LogP contribution >= 0.6 is 0 Å². The average molecular weight is 264 g/mol. The molecule has 2 unspecified atom stereocenters. The summed E-state index contributed by atoms with van der Waals surface area (Å²) in [5, 5.41) is 3.61. The van der Waals surface area contributed by atoms with Gasteiger partial charge in [0.05, 0.1) is 0 Å². The maximum Gasteiger partial charge on any atom is 0.126 e. The van der Waals surface area contributed by atoms with Crippen molar-refractivity contribution in [1.29, 1.82) is 0 Å². The highest BCUT2D eigenvalue weighted by molar-refractivity contribution is 5.39. The number of aromatic nitrogens is 1. The van der Waals surface area contributed by atoms with Gasteiger partial charge in [-0.1, -0.05) is 19.9 Å². The largest absolute Gasteiger partial charge is 0.383 e. The number of hydrogen-bond acceptors (Lipinski definition) is 4. The molecular weight excluding hydrogens is 236 g/mol. The van der Waals surface area contributed by atoms with Gasteiger partial charge in [0.15, 0.2) is 0 Å². The maximum absolute atomic E-state index is 5.97. The summed E-state index contributed by atoms with van der Waals surface area (Å²) in [5.41, 5.74) is 7.19. The Kier molecular flexibility index (Phi) is 5.76. The van der Waals surface area contributed by atoms with Crippen LogP contribution in [-0.4, -0.2) is 42.1 Å². The third-order valence-corrected chi connectivity index (χ3v) is 4.29. The minimum absolute atomic E-state index is 0.0955. The van der Waals surface area contributed by atoms with Gasteiger partial charge in [0.1, 0.15) is 5.82 Å². The van der Waals surface area contributed by atoms with E-state index < -0.39 is 0 Å². The van der Waals surface area contributed by atoms with Crippen LogP contribution in [0.1, 0.15) is 32.8 Å². The number of nitrogens with one attached hydrogen (secondary N) is 1. The highest BCUT2D eigenvalue weighted by Crippen LogP contribution is 2.25. The van der Waals surface area contributed by atoms with Crippen LogP contribution in [0, 0.1) is 0 Å². The average Bonchev–Trinajstić information content (AvgIpc) is 2.39. The maximum atomic E-state index is 5.97. The van der Waals surface area contributed by atoms with Gasteiger partial charge in [0, 0.05) is 17.8 Å². The molecule has 4 heteroatoms. The van der Waals surface area contributed by atoms with E-state index in [9.17, 15) is 0 Å². The van der Waals surface area contributed by atoms with Crippen molar-refractivity contribution < 1.29 is 0 Å². The molecular formula is C15H28N4. The van der Waals surface area contributed by atoms with Crippen LogP contribution in [-0.2, 0) is 6.42 Å². The number of hydrogen-bond donors (Lipinski definition) is 2. The number of likely N-dealkylation sites (N-methyl/N-ethyl adjacent to an activating group) is 2. The van der Waals surface area contributed by atoms with Crippen LogP contribution in [0.4, 0.5) is 5.82 Å². The van der Waals surface area contributed by atoms with Gasteiger partial charge in [0.2, 0.25) is 0 Å². The molecule has 0 aliphatic heterocycles. The second-order valence-electron chi connectivity index (χ2n) is 5.47. The molecule has 0 aromatic carbocycles. The minimum atomic E-state index is 0.0955. The molecule has 2 atom stereocenters. The standard InChI is InChI=1S/C15H28N4/c1-6-15(3,19(4)5)13(17-7-2)11-12-9-8-10-18-14(12)16/h8-10,13,17H,6-7,11H2,1-5H3,(H2,16,18). The van der Waals surface area contributed by atoms with E-state index in [1.165, 1.54) is 0 Å². The van der Waals surface area contributed by atoms with Crippen LogP contribution in [0.25, 0.3) is 0 Å². The van der Waals surface area contributed by atoms with Crippen LogP contribution in [0.15, 0.2) is 18.3 Å². The fraction of sp³-hybridized carbons (Fsp3) is 0.667. The van der Waals surface area contributed by atoms with E-state index in [1.807, 2.05) is 6.07 Å². The minimum Gasteiger partial charge on any atom is -0.383 e. The van der Waals surface area contributed by atoms with Crippen molar-refractivity contribution in [3.05, 3.63) is 23.9 Å². The molecule has 0 bridgehead atoms. The van der Waals surface area contributed by atoms with E-state index in [-0.39, 0.29) is 5.54 Å². The first-order valence-electron chi connectivity index (χ1n) is 7.05. The molecule has 0 amide bonds. The molecule has 0 aliphatic rings. The van der Waals surface area contributed by atoms with Gasteiger partial charge in [-0.3, -0.25) is 0 Å². The van der Waals surface area contributed by atoms with E-state index in [4.69, 9.17) is 5.73 Å². The Bertz CT molecular complexity index is 391. The second kappa shape index (κ2) is 6.87. The lowest BCUT2D eigenvalue weighted by molar-refractivity contribution is 0.113. The van der Waals surface area contributed by atoms with Crippen molar-refractivity contribution in [3.63, 3.8) is 0 Å². The van der Waals surface area contributed by atoms with Gasteiger partial charge in [-0.25, -0.2) is 4.98 Å². The van der Waals surface area contributed by atoms with E-state index in [0.29, 0.717) is 11.9 Å². The smallest absolute Gasteiger partial charge is 0.126 e. The number of rotatable bonds is 7. The Morgan fingerprint density at radius 1 is 1.42 bits per heavy atom. The number of nitrogens with two attached hydrogens (primary N) is 1. The zero-order valence-corrected chi connectivity index (χ0v) is 12.9. The number of pyridine rings is 1. The molecule has 108 valence electrons. The first-order chi connectivity index (χ1) is 8.95. The highest BCUT2D eigenvalue weighted by atomic mass is 15.2. The van der Waals surface area contributed by atoms with Crippen LogP contribution < -0.4 is 11.1 Å². The Morgan fingerprint density at radius 2 is 2.11 bits per heavy atom. The molecule has 1 aromatic rings. The SMILES string of the molecule is CCNC(Cc1cccnc1N)C(C)(CC)N(C)C. The van der Waals surface area contributed by atoms with Crippen molar-refractivity contribution in [2.45, 2.75) is 45.2 Å². The first-order valence-corrected chi connectivity index (χ1v) is 7.05. The lowest BCUT2D eigenvalue weighted by Gasteiger charge is -2.43. The Morgan fingerprint density at radius 3 is 2.58 bits per heavy atom. The molecule has 1 aromatic heterocycles. The summed E-state index contributed by atoms with van der Waals surface area (Å²) in [4.78, 5) is 6.48. The van der Waals surface area contributed by atoms with Crippen LogP contribution in [0.5, 0.6) is 0 Å². The van der Waals surface area contributed by atoms with Gasteiger partial charge in [-0.2, -0.15) is 0 Å². The predicted octanol–water partition coefficient (Wildman–Crippen LogP) is 1.91. The van der Waals surface area contributed by atoms with Gasteiger partial charge in [0.25, 0.3) is 0 Å². The molecule has 0 radical (unpaired) electrons. The quantitative estimate of drug-likeness (QED) is 0.790. The molecule has 1 rings (SSSR count). The summed E-state index contributed by atoms with van der Waals surface area (Å²) in [5.74, 6) is 0.641. The van der Waals surface area contributed by atoms with E-state index in [2.05, 4.69) is 56.1 Å². The van der Waals surface area contributed by atoms with Gasteiger partial charge in [-0.05, 0) is 52.0 Å². The number of nitrogens with zero attached hydrogens (tertiary/aromatic N) is 2. The third-order valence-electron chi connectivity index (χ3n) is 4.29. The van der Waals surface area contributed by atoms with Crippen molar-refractivity contribution in [1.82, 2.24) is 15.2 Å². The predicted molar refractivity (Wildman–Crippen MR) is 82.2 cm³/mol. The third kappa shape index (κ3) is 3.67. The Labute approximate surface area is 117 Å². The zero-order valence-electron chi connectivity index (χ0n) is 12.9. The van der Waals surface area contributed by atoms with Crippen molar-refractivity contribution >= 4 is 5.82 Å². The summed E-state index contributed by atoms with van der Waals surface area (Å²) in [6.45, 7) is 7.63. The van der Waals surface area contributed by atoms with E-state index in [1.54, 1.807) is 6.20 Å². The molecule has 4 nitrogen and oxygen atoms in total. The number of anilines is 1. The van der Waals surface area contributed by atoms with Crippen molar-refractivity contribution in [3.8, 4) is 0 Å². The summed E-state index contributed by atoms with van der Waals surface area (Å²) in [6, 6.07) is 4.37. The van der Waals surface area contributed by atoms with Crippen LogP contribution in [0.3, 0.4) is 0 Å². The number of nitrogen functional groups attached to an aromatic ring is 1. The molecule has 0 saturated heterocycles. The molecule has 3 N–H and O–H groups in total. The van der Waals surface area contributed by atoms with E-state index in [0.717, 1.165) is 24.9 Å². The van der Waals surface area contributed by atoms with Crippen molar-refractivity contribution in [2.75, 3.05) is 26.4 Å². The highest BCUT2D eigenvalue weighted by Gasteiger charge is 2.34. The Hall–Kier alpha value is -1.13. The molecule has 19 heavy (non-hydrogen) atoms. The fourth-order valence-corrected chi connectivity index (χ4v) is 2.48. The molecule has 0 spiro atoms. The lowest BCUT2D eigenvalue weighted by atomic mass is 9.84. The van der Waals surface area contributed by atoms with Gasteiger partial charge in [-0.15, -0.1) is 0 Å². The van der Waals surface area contributed by atoms with Crippen molar-refractivity contribution in [2.24, 2.45) is 0 Å². The molecule has 0 aliphatic carbocycles. The fourth-order valence-electron chi connectivity index (χ4n) is 2.48. The summed E-state index contributed by atoms with van der Waals surface area (Å²) in [7, 11) is 4.28. The summed E-state index contributed by atoms with van der Waals surface area (Å²) < 4.78 is 0. The topological polar surface area (TPSA) is 54.2 Å². The normalized spacial score (nSPS) is 16.3. The van der Waals surface area contributed by atoms with E-state index >= 15 is 0 Å². The summed E-state index contributed by atoms with van der Waals surface area (Å²) >= 11 is 0. The Balaban J connectivity index is 2.98. The first kappa shape index (κ1) is 15.9.